The zero-order chi connectivity index (χ0) is 23.0. The predicted octanol–water partition coefficient (Wildman–Crippen LogP) is 5.68. The molecule has 0 spiro atoms. The van der Waals surface area contributed by atoms with E-state index in [1.54, 1.807) is 0 Å². The van der Waals surface area contributed by atoms with E-state index >= 15 is 0 Å². The number of thiophene rings is 1. The van der Waals surface area contributed by atoms with Crippen molar-refractivity contribution in [1.82, 2.24) is 0 Å². The van der Waals surface area contributed by atoms with E-state index in [1.807, 2.05) is 0 Å². The van der Waals surface area contributed by atoms with E-state index in [4.69, 9.17) is 23.2 Å². The summed E-state index contributed by atoms with van der Waals surface area (Å²) in [7, 11) is -8.63. The number of benzene rings is 2. The van der Waals surface area contributed by atoms with Crippen molar-refractivity contribution in [3.05, 3.63) is 69.5 Å². The van der Waals surface area contributed by atoms with E-state index in [2.05, 4.69) is 9.44 Å². The van der Waals surface area contributed by atoms with Gasteiger partial charge in [-0.05, 0) is 41.8 Å². The molecule has 166 valence electrons. The Morgan fingerprint density at radius 2 is 1.39 bits per heavy atom. The molecule has 2 aromatic carbocycles. The Labute approximate surface area is 189 Å². The highest BCUT2D eigenvalue weighted by atomic mass is 35.5. The third kappa shape index (κ3) is 5.44. The van der Waals surface area contributed by atoms with E-state index in [0.717, 1.165) is 41.7 Å². The van der Waals surface area contributed by atoms with Gasteiger partial charge in [-0.3, -0.25) is 9.44 Å². The molecule has 3 aromatic rings. The molecule has 31 heavy (non-hydrogen) atoms. The Hall–Kier alpha value is -1.99. The highest BCUT2D eigenvalue weighted by Crippen LogP contribution is 2.36. The molecule has 0 saturated carbocycles. The van der Waals surface area contributed by atoms with Gasteiger partial charge < -0.3 is 0 Å². The summed E-state index contributed by atoms with van der Waals surface area (Å²) in [6.07, 6.45) is -4.75. The quantitative estimate of drug-likeness (QED) is 0.429. The van der Waals surface area contributed by atoms with Gasteiger partial charge in [-0.1, -0.05) is 35.3 Å². The number of alkyl halides is 3. The van der Waals surface area contributed by atoms with Crippen LogP contribution in [0.5, 0.6) is 0 Å². The van der Waals surface area contributed by atoms with Crippen molar-refractivity contribution >= 4 is 66.0 Å². The van der Waals surface area contributed by atoms with E-state index in [0.29, 0.717) is 6.07 Å². The third-order valence-electron chi connectivity index (χ3n) is 3.78. The van der Waals surface area contributed by atoms with Gasteiger partial charge in [0.15, 0.2) is 0 Å². The minimum atomic E-state index is -4.75. The van der Waals surface area contributed by atoms with E-state index in [-0.39, 0.29) is 25.6 Å². The minimum absolute atomic E-state index is 0.0507. The van der Waals surface area contributed by atoms with Crippen molar-refractivity contribution in [2.45, 2.75) is 15.3 Å². The second kappa shape index (κ2) is 8.51. The van der Waals surface area contributed by atoms with Crippen molar-refractivity contribution < 1.29 is 30.0 Å². The van der Waals surface area contributed by atoms with Gasteiger partial charge in [-0.15, -0.1) is 11.3 Å². The SMILES string of the molecule is O=S(=O)(Nc1cc(Cl)c(Cl)cc1NS(=O)(=O)c1cccs1)c1cccc(C(F)(F)F)c1. The lowest BCUT2D eigenvalue weighted by molar-refractivity contribution is -0.137. The Morgan fingerprint density at radius 1 is 0.806 bits per heavy atom. The summed E-state index contributed by atoms with van der Waals surface area (Å²) < 4.78 is 93.5. The molecule has 0 aliphatic rings. The summed E-state index contributed by atoms with van der Waals surface area (Å²) in [5, 5.41) is 1.34. The molecule has 0 atom stereocenters. The zero-order valence-corrected chi connectivity index (χ0v) is 18.9. The first-order valence-electron chi connectivity index (χ1n) is 8.05. The second-order valence-corrected chi connectivity index (χ2v) is 11.3. The average molecular weight is 531 g/mol. The van der Waals surface area contributed by atoms with Crippen LogP contribution in [-0.4, -0.2) is 16.8 Å². The number of sulfonamides is 2. The van der Waals surface area contributed by atoms with Crippen molar-refractivity contribution in [3.63, 3.8) is 0 Å². The molecule has 0 radical (unpaired) electrons. The van der Waals surface area contributed by atoms with Crippen molar-refractivity contribution in [1.29, 1.82) is 0 Å². The summed E-state index contributed by atoms with van der Waals surface area (Å²) in [6, 6.07) is 8.04. The van der Waals surface area contributed by atoms with Crippen LogP contribution < -0.4 is 9.44 Å². The van der Waals surface area contributed by atoms with Gasteiger partial charge in [0.2, 0.25) is 0 Å². The van der Waals surface area contributed by atoms with Crippen molar-refractivity contribution in [3.8, 4) is 0 Å². The van der Waals surface area contributed by atoms with Gasteiger partial charge in [-0.25, -0.2) is 16.8 Å². The molecule has 0 amide bonds. The van der Waals surface area contributed by atoms with Crippen LogP contribution in [0.2, 0.25) is 10.0 Å². The van der Waals surface area contributed by atoms with Gasteiger partial charge >= 0.3 is 6.18 Å². The lowest BCUT2D eigenvalue weighted by Crippen LogP contribution is -2.18. The summed E-state index contributed by atoms with van der Waals surface area (Å²) in [4.78, 5) is -0.680. The lowest BCUT2D eigenvalue weighted by atomic mass is 10.2. The van der Waals surface area contributed by atoms with Crippen LogP contribution in [-0.2, 0) is 26.2 Å². The first-order valence-corrected chi connectivity index (χ1v) is 12.7. The highest BCUT2D eigenvalue weighted by molar-refractivity contribution is 7.94. The number of rotatable bonds is 6. The molecule has 1 aromatic heterocycles. The van der Waals surface area contributed by atoms with Crippen molar-refractivity contribution in [2.24, 2.45) is 0 Å². The lowest BCUT2D eigenvalue weighted by Gasteiger charge is -2.16. The monoisotopic (exact) mass is 530 g/mol. The molecule has 0 saturated heterocycles. The summed E-state index contributed by atoms with van der Waals surface area (Å²) in [6.45, 7) is 0. The maximum absolute atomic E-state index is 12.9. The van der Waals surface area contributed by atoms with Gasteiger partial charge in [-0.2, -0.15) is 13.2 Å². The van der Waals surface area contributed by atoms with E-state index < -0.39 is 36.7 Å². The number of halogens is 5. The van der Waals surface area contributed by atoms with Crippen LogP contribution in [0.25, 0.3) is 0 Å². The molecule has 3 rings (SSSR count). The molecule has 0 fully saturated rings. The Morgan fingerprint density at radius 3 is 1.90 bits per heavy atom. The maximum Gasteiger partial charge on any atom is 0.416 e. The molecule has 0 aliphatic heterocycles. The van der Waals surface area contributed by atoms with Crippen LogP contribution in [0.15, 0.2) is 63.0 Å². The first-order chi connectivity index (χ1) is 14.3. The van der Waals surface area contributed by atoms with Crippen LogP contribution >= 0.6 is 34.5 Å². The largest absolute Gasteiger partial charge is 0.416 e. The van der Waals surface area contributed by atoms with Crippen LogP contribution in [0.3, 0.4) is 0 Å². The predicted molar refractivity (Wildman–Crippen MR) is 114 cm³/mol. The van der Waals surface area contributed by atoms with Crippen molar-refractivity contribution in [2.75, 3.05) is 9.44 Å². The second-order valence-electron chi connectivity index (χ2n) is 5.98. The Bertz CT molecular complexity index is 1330. The molecule has 14 heteroatoms. The maximum atomic E-state index is 12.9. The minimum Gasteiger partial charge on any atom is -0.277 e. The van der Waals surface area contributed by atoms with Gasteiger partial charge in [0, 0.05) is 0 Å². The summed E-state index contributed by atoms with van der Waals surface area (Å²) >= 11 is 12.8. The number of hydrogen-bond donors (Lipinski definition) is 2. The van der Waals surface area contributed by atoms with E-state index in [1.165, 1.54) is 17.5 Å². The fourth-order valence-corrected chi connectivity index (χ4v) is 5.88. The standard InChI is InChI=1S/C17H11Cl2F3N2O4S3/c18-12-8-14(15(9-13(12)19)24-31(27,28)16-5-2-6-29-16)23-30(25,26)11-4-1-3-10(7-11)17(20,21)22/h1-9,23-24H. The number of nitrogens with one attached hydrogen (secondary N) is 2. The van der Waals surface area contributed by atoms with Gasteiger partial charge in [0.1, 0.15) is 4.21 Å². The molecule has 0 bridgehead atoms. The third-order valence-corrected chi connectivity index (χ3v) is 8.63. The fourth-order valence-electron chi connectivity index (χ4n) is 2.37. The molecule has 1 heterocycles. The summed E-state index contributed by atoms with van der Waals surface area (Å²) in [5.74, 6) is 0. The molecular formula is C17H11Cl2F3N2O4S3. The smallest absolute Gasteiger partial charge is 0.277 e. The molecule has 2 N–H and O–H groups in total. The molecule has 6 nitrogen and oxygen atoms in total. The number of anilines is 2. The van der Waals surface area contributed by atoms with Crippen LogP contribution in [0.4, 0.5) is 24.5 Å². The normalized spacial score (nSPS) is 12.5. The zero-order valence-electron chi connectivity index (χ0n) is 14.9. The molecular weight excluding hydrogens is 520 g/mol. The average Bonchev–Trinajstić information content (AvgIpc) is 3.21. The fraction of sp³-hybridized carbons (Fsp3) is 0.0588. The highest BCUT2D eigenvalue weighted by Gasteiger charge is 2.32. The molecule has 0 aliphatic carbocycles. The number of hydrogen-bond acceptors (Lipinski definition) is 5. The van der Waals surface area contributed by atoms with Gasteiger partial charge in [0.25, 0.3) is 20.0 Å². The Kier molecular flexibility index (Phi) is 6.50. The topological polar surface area (TPSA) is 92.3 Å². The van der Waals surface area contributed by atoms with Crippen LogP contribution in [0.1, 0.15) is 5.56 Å². The van der Waals surface area contributed by atoms with Crippen LogP contribution in [0, 0.1) is 0 Å². The molecule has 0 unspecified atom stereocenters. The first kappa shape index (κ1) is 23.7. The Balaban J connectivity index is 2.02. The van der Waals surface area contributed by atoms with Gasteiger partial charge in [0.05, 0.1) is 31.9 Å². The van der Waals surface area contributed by atoms with E-state index in [9.17, 15) is 30.0 Å². The summed E-state index contributed by atoms with van der Waals surface area (Å²) in [5.41, 5.74) is -1.76.